The van der Waals surface area contributed by atoms with E-state index in [4.69, 9.17) is 4.74 Å². The molecule has 2 aromatic carbocycles. The van der Waals surface area contributed by atoms with E-state index >= 15 is 0 Å². The minimum atomic E-state index is -0.483. The molecule has 0 aromatic heterocycles. The van der Waals surface area contributed by atoms with Crippen LogP contribution in [0, 0.1) is 0 Å². The summed E-state index contributed by atoms with van der Waals surface area (Å²) in [6.07, 6.45) is 2.93. The first-order valence-electron chi connectivity index (χ1n) is 7.28. The maximum absolute atomic E-state index is 11.2. The molecule has 0 spiro atoms. The molecule has 0 aliphatic carbocycles. The summed E-state index contributed by atoms with van der Waals surface area (Å²) < 4.78 is 10.3. The van der Waals surface area contributed by atoms with Gasteiger partial charge in [0.15, 0.2) is 23.0 Å². The molecule has 1 atom stereocenters. The molecular weight excluding hydrogens is 312 g/mol. The molecule has 124 valence electrons. The molecule has 0 radical (unpaired) electrons. The predicted molar refractivity (Wildman–Crippen MR) is 86.0 cm³/mol. The number of hydrogen-bond acceptors (Lipinski definition) is 6. The van der Waals surface area contributed by atoms with Gasteiger partial charge in [-0.05, 0) is 41.5 Å². The van der Waals surface area contributed by atoms with Crippen LogP contribution >= 0.6 is 0 Å². The summed E-state index contributed by atoms with van der Waals surface area (Å²) in [6, 6.07) is 7.78. The van der Waals surface area contributed by atoms with Crippen LogP contribution in [0.5, 0.6) is 23.0 Å². The summed E-state index contributed by atoms with van der Waals surface area (Å²) in [4.78, 5) is 11.2. The van der Waals surface area contributed by atoms with E-state index in [2.05, 4.69) is 4.74 Å². The van der Waals surface area contributed by atoms with Crippen LogP contribution in [0.3, 0.4) is 0 Å². The van der Waals surface area contributed by atoms with Gasteiger partial charge in [-0.15, -0.1) is 0 Å². The van der Waals surface area contributed by atoms with Gasteiger partial charge in [0.05, 0.1) is 7.11 Å². The van der Waals surface area contributed by atoms with Crippen molar-refractivity contribution in [3.8, 4) is 23.0 Å². The fourth-order valence-electron chi connectivity index (χ4n) is 2.62. The second kappa shape index (κ2) is 6.16. The third kappa shape index (κ3) is 2.99. The Labute approximate surface area is 138 Å². The Bertz CT molecular complexity index is 824. The first kappa shape index (κ1) is 15.7. The van der Waals surface area contributed by atoms with Crippen LogP contribution in [0.15, 0.2) is 36.4 Å². The van der Waals surface area contributed by atoms with Crippen LogP contribution < -0.4 is 4.74 Å². The second-order valence-corrected chi connectivity index (χ2v) is 5.44. The van der Waals surface area contributed by atoms with Gasteiger partial charge in [0.25, 0.3) is 0 Å². The van der Waals surface area contributed by atoms with Crippen LogP contribution in [-0.2, 0) is 16.0 Å². The lowest BCUT2D eigenvalue weighted by Crippen LogP contribution is -2.02. The zero-order valence-corrected chi connectivity index (χ0v) is 12.9. The smallest absolute Gasteiger partial charge is 0.330 e. The first-order valence-corrected chi connectivity index (χ1v) is 7.28. The summed E-state index contributed by atoms with van der Waals surface area (Å²) >= 11 is 0. The number of rotatable bonds is 3. The van der Waals surface area contributed by atoms with Gasteiger partial charge in [-0.3, -0.25) is 0 Å². The van der Waals surface area contributed by atoms with Crippen molar-refractivity contribution in [2.75, 3.05) is 7.11 Å². The summed E-state index contributed by atoms with van der Waals surface area (Å²) in [5.41, 5.74) is 2.12. The summed E-state index contributed by atoms with van der Waals surface area (Å²) in [5, 5.41) is 29.1. The number of aromatic hydroxyl groups is 3. The normalized spacial score (nSPS) is 16.0. The summed E-state index contributed by atoms with van der Waals surface area (Å²) in [7, 11) is 1.29. The largest absolute Gasteiger partial charge is 0.504 e. The molecule has 1 aliphatic rings. The number of phenolic OH excluding ortho intramolecular Hbond substituents is 3. The van der Waals surface area contributed by atoms with Crippen LogP contribution in [0.4, 0.5) is 0 Å². The van der Waals surface area contributed by atoms with Crippen molar-refractivity contribution < 1.29 is 29.6 Å². The zero-order valence-electron chi connectivity index (χ0n) is 12.9. The highest BCUT2D eigenvalue weighted by Crippen LogP contribution is 2.44. The van der Waals surface area contributed by atoms with Crippen molar-refractivity contribution in [1.82, 2.24) is 0 Å². The maximum Gasteiger partial charge on any atom is 0.330 e. The Kier molecular flexibility index (Phi) is 4.04. The van der Waals surface area contributed by atoms with Gasteiger partial charge in [-0.2, -0.15) is 0 Å². The molecular formula is C18H16O6. The van der Waals surface area contributed by atoms with Crippen molar-refractivity contribution >= 4 is 12.0 Å². The van der Waals surface area contributed by atoms with Crippen molar-refractivity contribution in [2.45, 2.75) is 12.5 Å². The Morgan fingerprint density at radius 3 is 2.67 bits per heavy atom. The number of benzene rings is 2. The van der Waals surface area contributed by atoms with Crippen LogP contribution in [0.25, 0.3) is 6.08 Å². The van der Waals surface area contributed by atoms with E-state index in [9.17, 15) is 20.1 Å². The topological polar surface area (TPSA) is 96.2 Å². The van der Waals surface area contributed by atoms with E-state index in [1.54, 1.807) is 12.1 Å². The number of hydrogen-bond donors (Lipinski definition) is 3. The summed E-state index contributed by atoms with van der Waals surface area (Å²) in [5.74, 6) is -0.556. The van der Waals surface area contributed by atoms with E-state index in [-0.39, 0.29) is 23.4 Å². The molecule has 0 amide bonds. The van der Waals surface area contributed by atoms with Crippen molar-refractivity contribution in [3.05, 3.63) is 53.1 Å². The molecule has 24 heavy (non-hydrogen) atoms. The van der Waals surface area contributed by atoms with Crippen molar-refractivity contribution in [2.24, 2.45) is 0 Å². The standard InChI is InChI=1S/C18H16O6/c1-23-17(22)5-2-10-6-12-9-16(24-18(12)15(21)7-10)11-3-4-13(19)14(20)8-11/h2-8,16,19-21H,9H2,1H3/b5-2+. The van der Waals surface area contributed by atoms with E-state index in [0.717, 1.165) is 5.56 Å². The van der Waals surface area contributed by atoms with Gasteiger partial charge in [0.1, 0.15) is 6.10 Å². The number of carbonyl (C=O) groups is 1. The number of methoxy groups -OCH3 is 1. The zero-order chi connectivity index (χ0) is 17.3. The predicted octanol–water partition coefficient (Wildman–Crippen LogP) is 2.67. The monoisotopic (exact) mass is 328 g/mol. The fourth-order valence-corrected chi connectivity index (χ4v) is 2.62. The van der Waals surface area contributed by atoms with Crippen molar-refractivity contribution in [3.63, 3.8) is 0 Å². The lowest BCUT2D eigenvalue weighted by molar-refractivity contribution is -0.134. The summed E-state index contributed by atoms with van der Waals surface area (Å²) in [6.45, 7) is 0. The van der Waals surface area contributed by atoms with E-state index in [0.29, 0.717) is 23.3 Å². The Hall–Kier alpha value is -3.15. The minimum Gasteiger partial charge on any atom is -0.504 e. The average Bonchev–Trinajstić information content (AvgIpc) is 2.99. The van der Waals surface area contributed by atoms with Gasteiger partial charge in [0.2, 0.25) is 0 Å². The quantitative estimate of drug-likeness (QED) is 0.455. The molecule has 1 heterocycles. The van der Waals surface area contributed by atoms with E-state index in [1.165, 1.54) is 31.4 Å². The van der Waals surface area contributed by atoms with Crippen LogP contribution in [0.2, 0.25) is 0 Å². The highest BCUT2D eigenvalue weighted by molar-refractivity contribution is 5.87. The number of phenols is 3. The number of fused-ring (bicyclic) bond motifs is 1. The van der Waals surface area contributed by atoms with Crippen LogP contribution in [-0.4, -0.2) is 28.4 Å². The van der Waals surface area contributed by atoms with Gasteiger partial charge >= 0.3 is 5.97 Å². The SMILES string of the molecule is COC(=O)/C=C/c1cc(O)c2c(c1)CC(c1ccc(O)c(O)c1)O2. The second-order valence-electron chi connectivity index (χ2n) is 5.44. The van der Waals surface area contributed by atoms with Gasteiger partial charge in [-0.1, -0.05) is 6.07 Å². The Morgan fingerprint density at radius 2 is 1.96 bits per heavy atom. The molecule has 1 unspecified atom stereocenters. The average molecular weight is 328 g/mol. The highest BCUT2D eigenvalue weighted by atomic mass is 16.5. The lowest BCUT2D eigenvalue weighted by atomic mass is 10.0. The highest BCUT2D eigenvalue weighted by Gasteiger charge is 2.28. The Balaban J connectivity index is 1.86. The van der Waals surface area contributed by atoms with Gasteiger partial charge in [0, 0.05) is 18.1 Å². The molecule has 3 N–H and O–H groups in total. The van der Waals surface area contributed by atoms with E-state index < -0.39 is 5.97 Å². The molecule has 0 saturated carbocycles. The molecule has 0 bridgehead atoms. The van der Waals surface area contributed by atoms with Gasteiger partial charge < -0.3 is 24.8 Å². The van der Waals surface area contributed by atoms with Gasteiger partial charge in [-0.25, -0.2) is 4.79 Å². The molecule has 6 nitrogen and oxygen atoms in total. The lowest BCUT2D eigenvalue weighted by Gasteiger charge is -2.12. The molecule has 0 fully saturated rings. The van der Waals surface area contributed by atoms with Crippen molar-refractivity contribution in [1.29, 1.82) is 0 Å². The fraction of sp³-hybridized carbons (Fsp3) is 0.167. The molecule has 0 saturated heterocycles. The number of carbonyl (C=O) groups excluding carboxylic acids is 1. The molecule has 6 heteroatoms. The number of esters is 1. The third-order valence-electron chi connectivity index (χ3n) is 3.82. The maximum atomic E-state index is 11.2. The third-order valence-corrected chi connectivity index (χ3v) is 3.82. The number of ether oxygens (including phenoxy) is 2. The van der Waals surface area contributed by atoms with Crippen LogP contribution in [0.1, 0.15) is 22.8 Å². The Morgan fingerprint density at radius 1 is 1.17 bits per heavy atom. The molecule has 2 aromatic rings. The molecule has 3 rings (SSSR count). The minimum absolute atomic E-state index is 0.0254. The first-order chi connectivity index (χ1) is 11.5. The van der Waals surface area contributed by atoms with E-state index in [1.807, 2.05) is 6.07 Å². The molecule has 1 aliphatic heterocycles.